The highest BCUT2D eigenvalue weighted by Crippen LogP contribution is 2.24. The van der Waals surface area contributed by atoms with Crippen molar-refractivity contribution in [3.05, 3.63) is 53.3 Å². The molecule has 0 aliphatic carbocycles. The number of anilines is 1. The number of carbonyl (C=O) groups excluding carboxylic acids is 1. The van der Waals surface area contributed by atoms with Crippen LogP contribution in [0.1, 0.15) is 15.9 Å². The average molecular weight is 272 g/mol. The molecular formula is C14H9FN2O3. The van der Waals surface area contributed by atoms with Crippen LogP contribution in [0.3, 0.4) is 0 Å². The fourth-order valence-corrected chi connectivity index (χ4v) is 1.64. The summed E-state index contributed by atoms with van der Waals surface area (Å²) in [4.78, 5) is 12.0. The fraction of sp³-hybridized carbons (Fsp3) is 0. The van der Waals surface area contributed by atoms with Crippen LogP contribution >= 0.6 is 0 Å². The number of carbonyl (C=O) groups is 1. The second-order valence-corrected chi connectivity index (χ2v) is 3.93. The molecule has 0 radical (unpaired) electrons. The van der Waals surface area contributed by atoms with Gasteiger partial charge in [-0.05, 0) is 30.3 Å². The van der Waals surface area contributed by atoms with Crippen molar-refractivity contribution in [3.63, 3.8) is 0 Å². The highest BCUT2D eigenvalue weighted by molar-refractivity contribution is 6.06. The molecule has 0 unspecified atom stereocenters. The predicted molar refractivity (Wildman–Crippen MR) is 68.8 cm³/mol. The monoisotopic (exact) mass is 272 g/mol. The molecule has 0 bridgehead atoms. The predicted octanol–water partition coefficient (Wildman–Crippen LogP) is 2.36. The minimum absolute atomic E-state index is 0.0137. The zero-order valence-corrected chi connectivity index (χ0v) is 10.1. The molecule has 2 aromatic carbocycles. The summed E-state index contributed by atoms with van der Waals surface area (Å²) in [6, 6.07) is 8.88. The van der Waals surface area contributed by atoms with E-state index in [1.165, 1.54) is 18.2 Å². The van der Waals surface area contributed by atoms with Crippen LogP contribution in [0.15, 0.2) is 36.4 Å². The Kier molecular flexibility index (Phi) is 3.53. The number of nitrogens with one attached hydrogen (secondary N) is 1. The van der Waals surface area contributed by atoms with E-state index in [0.29, 0.717) is 0 Å². The van der Waals surface area contributed by atoms with Gasteiger partial charge < -0.3 is 15.5 Å². The zero-order valence-electron chi connectivity index (χ0n) is 10.1. The normalized spacial score (nSPS) is 9.80. The summed E-state index contributed by atoms with van der Waals surface area (Å²) < 4.78 is 13.4. The van der Waals surface area contributed by atoms with E-state index in [0.717, 1.165) is 18.2 Å². The number of hydrogen-bond acceptors (Lipinski definition) is 4. The molecule has 0 aliphatic rings. The highest BCUT2D eigenvalue weighted by Gasteiger charge is 2.15. The van der Waals surface area contributed by atoms with Gasteiger partial charge in [0.05, 0.1) is 11.3 Å². The summed E-state index contributed by atoms with van der Waals surface area (Å²) in [6.07, 6.45) is 0. The molecule has 0 spiro atoms. The van der Waals surface area contributed by atoms with E-state index in [2.05, 4.69) is 5.32 Å². The van der Waals surface area contributed by atoms with Gasteiger partial charge in [0.15, 0.2) is 0 Å². The lowest BCUT2D eigenvalue weighted by atomic mass is 10.1. The summed E-state index contributed by atoms with van der Waals surface area (Å²) in [7, 11) is 0. The molecule has 6 heteroatoms. The minimum Gasteiger partial charge on any atom is -0.508 e. The number of halogens is 1. The lowest BCUT2D eigenvalue weighted by Crippen LogP contribution is -2.13. The van der Waals surface area contributed by atoms with Gasteiger partial charge in [-0.3, -0.25) is 4.79 Å². The van der Waals surface area contributed by atoms with Gasteiger partial charge in [0.1, 0.15) is 28.9 Å². The Labute approximate surface area is 113 Å². The third-order valence-electron chi connectivity index (χ3n) is 2.60. The van der Waals surface area contributed by atoms with Crippen LogP contribution in [0.5, 0.6) is 11.5 Å². The molecule has 0 aliphatic heterocycles. The highest BCUT2D eigenvalue weighted by atomic mass is 19.1. The second kappa shape index (κ2) is 5.28. The Morgan fingerprint density at radius 2 is 2.00 bits per heavy atom. The fourth-order valence-electron chi connectivity index (χ4n) is 1.64. The van der Waals surface area contributed by atoms with E-state index in [-0.39, 0.29) is 28.3 Å². The van der Waals surface area contributed by atoms with Crippen molar-refractivity contribution < 1.29 is 19.4 Å². The van der Waals surface area contributed by atoms with Crippen molar-refractivity contribution in [1.29, 1.82) is 5.26 Å². The van der Waals surface area contributed by atoms with Crippen molar-refractivity contribution >= 4 is 11.6 Å². The maximum Gasteiger partial charge on any atom is 0.259 e. The number of rotatable bonds is 2. The molecule has 5 nitrogen and oxygen atoms in total. The first kappa shape index (κ1) is 13.4. The summed E-state index contributed by atoms with van der Waals surface area (Å²) in [5.41, 5.74) is -0.501. The molecule has 2 aromatic rings. The molecule has 0 heterocycles. The first-order valence-electron chi connectivity index (χ1n) is 5.55. The Hall–Kier alpha value is -3.07. The number of phenols is 2. The number of nitrogens with zero attached hydrogens (tertiary/aromatic N) is 1. The molecule has 2 rings (SSSR count). The van der Waals surface area contributed by atoms with Crippen molar-refractivity contribution in [2.45, 2.75) is 0 Å². The number of phenolic OH excluding ortho intramolecular Hbond substituents is 2. The molecular weight excluding hydrogens is 263 g/mol. The summed E-state index contributed by atoms with van der Waals surface area (Å²) in [6.45, 7) is 0. The van der Waals surface area contributed by atoms with Gasteiger partial charge >= 0.3 is 0 Å². The Bertz CT molecular complexity index is 723. The Balaban J connectivity index is 2.36. The van der Waals surface area contributed by atoms with E-state index < -0.39 is 11.7 Å². The van der Waals surface area contributed by atoms with Gasteiger partial charge in [0.2, 0.25) is 0 Å². The van der Waals surface area contributed by atoms with Crippen LogP contribution in [0.4, 0.5) is 10.1 Å². The number of hydrogen-bond donors (Lipinski definition) is 3. The van der Waals surface area contributed by atoms with Gasteiger partial charge in [-0.25, -0.2) is 4.39 Å². The SMILES string of the molecule is N#Cc1c(F)cccc1NC(=O)c1cc(O)ccc1O. The maximum absolute atomic E-state index is 13.4. The summed E-state index contributed by atoms with van der Waals surface area (Å²) >= 11 is 0. The molecule has 0 atom stereocenters. The van der Waals surface area contributed by atoms with E-state index >= 15 is 0 Å². The first-order valence-corrected chi connectivity index (χ1v) is 5.55. The Morgan fingerprint density at radius 3 is 2.70 bits per heavy atom. The smallest absolute Gasteiger partial charge is 0.259 e. The molecule has 0 saturated carbocycles. The zero-order chi connectivity index (χ0) is 14.7. The van der Waals surface area contributed by atoms with E-state index in [9.17, 15) is 19.4 Å². The first-order chi connectivity index (χ1) is 9.52. The standard InChI is InChI=1S/C14H9FN2O3/c15-11-2-1-3-12(10(11)7-16)17-14(20)9-6-8(18)4-5-13(9)19/h1-6,18-19H,(H,17,20). The van der Waals surface area contributed by atoms with Gasteiger partial charge in [-0.1, -0.05) is 6.07 Å². The molecule has 3 N–H and O–H groups in total. The number of amides is 1. The minimum atomic E-state index is -0.763. The van der Waals surface area contributed by atoms with Crippen LogP contribution in [0.25, 0.3) is 0 Å². The third kappa shape index (κ3) is 2.52. The molecule has 1 amide bonds. The number of benzene rings is 2. The van der Waals surface area contributed by atoms with Gasteiger partial charge in [-0.2, -0.15) is 5.26 Å². The number of nitriles is 1. The van der Waals surface area contributed by atoms with Gasteiger partial charge in [0, 0.05) is 0 Å². The average Bonchev–Trinajstić information content (AvgIpc) is 2.41. The lowest BCUT2D eigenvalue weighted by molar-refractivity contribution is 0.102. The van der Waals surface area contributed by atoms with Gasteiger partial charge in [-0.15, -0.1) is 0 Å². The Morgan fingerprint density at radius 1 is 1.25 bits per heavy atom. The van der Waals surface area contributed by atoms with Crippen molar-refractivity contribution in [3.8, 4) is 17.6 Å². The van der Waals surface area contributed by atoms with Crippen LogP contribution in [0, 0.1) is 17.1 Å². The molecule has 0 aromatic heterocycles. The maximum atomic E-state index is 13.4. The van der Waals surface area contributed by atoms with Crippen LogP contribution in [-0.4, -0.2) is 16.1 Å². The quantitative estimate of drug-likeness (QED) is 0.731. The topological polar surface area (TPSA) is 93.4 Å². The van der Waals surface area contributed by atoms with Crippen LogP contribution in [0.2, 0.25) is 0 Å². The van der Waals surface area contributed by atoms with Crippen LogP contribution < -0.4 is 5.32 Å². The largest absolute Gasteiger partial charge is 0.508 e. The second-order valence-electron chi connectivity index (χ2n) is 3.93. The van der Waals surface area contributed by atoms with E-state index in [4.69, 9.17) is 5.26 Å². The van der Waals surface area contributed by atoms with E-state index in [1.807, 2.05) is 0 Å². The van der Waals surface area contributed by atoms with Crippen LogP contribution in [-0.2, 0) is 0 Å². The van der Waals surface area contributed by atoms with Gasteiger partial charge in [0.25, 0.3) is 5.91 Å². The third-order valence-corrected chi connectivity index (χ3v) is 2.60. The summed E-state index contributed by atoms with van der Waals surface area (Å²) in [5.74, 6) is -2.06. The number of aromatic hydroxyl groups is 2. The molecule has 0 fully saturated rings. The molecule has 100 valence electrons. The van der Waals surface area contributed by atoms with Crippen molar-refractivity contribution in [1.82, 2.24) is 0 Å². The summed E-state index contributed by atoms with van der Waals surface area (Å²) in [5, 5.41) is 30.0. The van der Waals surface area contributed by atoms with Crippen molar-refractivity contribution in [2.24, 2.45) is 0 Å². The van der Waals surface area contributed by atoms with Crippen molar-refractivity contribution in [2.75, 3.05) is 5.32 Å². The molecule has 0 saturated heterocycles. The molecule has 20 heavy (non-hydrogen) atoms. The van der Waals surface area contributed by atoms with E-state index in [1.54, 1.807) is 6.07 Å². The lowest BCUT2D eigenvalue weighted by Gasteiger charge is -2.09.